The number of halogens is 1. The van der Waals surface area contributed by atoms with Gasteiger partial charge in [0.15, 0.2) is 0 Å². The number of rotatable bonds is 2. The quantitative estimate of drug-likeness (QED) is 0.839. The molecule has 4 nitrogen and oxygen atoms in total. The molecule has 5 heteroatoms. The van der Waals surface area contributed by atoms with Gasteiger partial charge in [0.2, 0.25) is 5.95 Å². The van der Waals surface area contributed by atoms with Crippen molar-refractivity contribution >= 4 is 28.9 Å². The maximum absolute atomic E-state index is 5.79. The Balaban J connectivity index is 2.20. The summed E-state index contributed by atoms with van der Waals surface area (Å²) in [5, 5.41) is 3.76. The van der Waals surface area contributed by atoms with Crippen LogP contribution < -0.4 is 11.1 Å². The van der Waals surface area contributed by atoms with E-state index >= 15 is 0 Å². The van der Waals surface area contributed by atoms with Crippen LogP contribution in [0.4, 0.5) is 17.3 Å². The fourth-order valence-electron chi connectivity index (χ4n) is 1.20. The zero-order chi connectivity index (χ0) is 11.5. The largest absolute Gasteiger partial charge is 0.396 e. The van der Waals surface area contributed by atoms with Gasteiger partial charge in [0.25, 0.3) is 0 Å². The SMILES string of the molecule is Cc1nc(Nc2ccc(Cl)cc2)ncc1N. The molecule has 0 atom stereocenters. The maximum Gasteiger partial charge on any atom is 0.227 e. The number of nitrogens with zero attached hydrogens (tertiary/aromatic N) is 2. The molecule has 0 spiro atoms. The molecule has 0 unspecified atom stereocenters. The zero-order valence-corrected chi connectivity index (χ0v) is 9.49. The van der Waals surface area contributed by atoms with Gasteiger partial charge in [-0.25, -0.2) is 9.97 Å². The fraction of sp³-hybridized carbons (Fsp3) is 0.0909. The highest BCUT2D eigenvalue weighted by molar-refractivity contribution is 6.30. The summed E-state index contributed by atoms with van der Waals surface area (Å²) in [7, 11) is 0. The first kappa shape index (κ1) is 10.7. The van der Waals surface area contributed by atoms with E-state index in [9.17, 15) is 0 Å². The molecule has 0 aliphatic rings. The van der Waals surface area contributed by atoms with Crippen molar-refractivity contribution in [3.05, 3.63) is 41.2 Å². The van der Waals surface area contributed by atoms with E-state index in [1.54, 1.807) is 18.3 Å². The van der Waals surface area contributed by atoms with E-state index in [0.717, 1.165) is 11.4 Å². The minimum absolute atomic E-state index is 0.522. The smallest absolute Gasteiger partial charge is 0.227 e. The number of nitrogens with two attached hydrogens (primary N) is 1. The number of hydrogen-bond donors (Lipinski definition) is 2. The van der Waals surface area contributed by atoms with Crippen LogP contribution in [0.25, 0.3) is 0 Å². The second-order valence-corrected chi connectivity index (χ2v) is 3.80. The summed E-state index contributed by atoms with van der Waals surface area (Å²) in [5.74, 6) is 0.522. The third kappa shape index (κ3) is 2.41. The number of aryl methyl sites for hydroxylation is 1. The highest BCUT2D eigenvalue weighted by Gasteiger charge is 2.00. The van der Waals surface area contributed by atoms with Gasteiger partial charge < -0.3 is 11.1 Å². The third-order valence-electron chi connectivity index (χ3n) is 2.12. The van der Waals surface area contributed by atoms with Gasteiger partial charge in [0.1, 0.15) is 0 Å². The molecule has 1 aromatic heterocycles. The number of benzene rings is 1. The second-order valence-electron chi connectivity index (χ2n) is 3.37. The number of anilines is 3. The Morgan fingerprint density at radius 1 is 1.25 bits per heavy atom. The van der Waals surface area contributed by atoms with E-state index < -0.39 is 0 Å². The molecule has 0 radical (unpaired) electrons. The molecule has 1 heterocycles. The van der Waals surface area contributed by atoms with Crippen LogP contribution in [0.15, 0.2) is 30.5 Å². The maximum atomic E-state index is 5.79. The van der Waals surface area contributed by atoms with E-state index in [2.05, 4.69) is 15.3 Å². The van der Waals surface area contributed by atoms with Crippen LogP contribution in [0.2, 0.25) is 5.02 Å². The molecule has 0 saturated carbocycles. The normalized spacial score (nSPS) is 10.1. The van der Waals surface area contributed by atoms with Crippen LogP contribution in [0.1, 0.15) is 5.69 Å². The van der Waals surface area contributed by atoms with Crippen LogP contribution in [-0.2, 0) is 0 Å². The average molecular weight is 235 g/mol. The monoisotopic (exact) mass is 234 g/mol. The summed E-state index contributed by atoms with van der Waals surface area (Å²) in [5.41, 5.74) is 7.86. The summed E-state index contributed by atoms with van der Waals surface area (Å²) < 4.78 is 0. The number of hydrogen-bond acceptors (Lipinski definition) is 4. The lowest BCUT2D eigenvalue weighted by Gasteiger charge is -2.06. The first-order valence-corrected chi connectivity index (χ1v) is 5.14. The molecular weight excluding hydrogens is 224 g/mol. The lowest BCUT2D eigenvalue weighted by atomic mass is 10.3. The summed E-state index contributed by atoms with van der Waals surface area (Å²) in [6.07, 6.45) is 1.58. The molecule has 0 fully saturated rings. The average Bonchev–Trinajstić information content (AvgIpc) is 2.27. The van der Waals surface area contributed by atoms with Gasteiger partial charge in [-0.1, -0.05) is 11.6 Å². The van der Waals surface area contributed by atoms with Gasteiger partial charge in [-0.2, -0.15) is 0 Å². The molecule has 2 rings (SSSR count). The van der Waals surface area contributed by atoms with Crippen LogP contribution in [0.5, 0.6) is 0 Å². The van der Waals surface area contributed by atoms with Crippen molar-refractivity contribution in [1.82, 2.24) is 9.97 Å². The fourth-order valence-corrected chi connectivity index (χ4v) is 1.32. The molecule has 82 valence electrons. The Kier molecular flexibility index (Phi) is 2.92. The van der Waals surface area contributed by atoms with Gasteiger partial charge in [0.05, 0.1) is 17.6 Å². The molecule has 16 heavy (non-hydrogen) atoms. The van der Waals surface area contributed by atoms with E-state index in [1.165, 1.54) is 0 Å². The lowest BCUT2D eigenvalue weighted by molar-refractivity contribution is 1.11. The first-order valence-electron chi connectivity index (χ1n) is 4.77. The Bertz CT molecular complexity index is 496. The summed E-state index contributed by atoms with van der Waals surface area (Å²) in [4.78, 5) is 8.29. The van der Waals surface area contributed by atoms with Gasteiger partial charge >= 0.3 is 0 Å². The van der Waals surface area contributed by atoms with E-state index in [0.29, 0.717) is 16.7 Å². The van der Waals surface area contributed by atoms with Gasteiger partial charge in [-0.05, 0) is 31.2 Å². The van der Waals surface area contributed by atoms with Crippen molar-refractivity contribution in [3.63, 3.8) is 0 Å². The number of nitrogens with one attached hydrogen (secondary N) is 1. The van der Waals surface area contributed by atoms with Gasteiger partial charge in [-0.15, -0.1) is 0 Å². The number of nitrogen functional groups attached to an aromatic ring is 1. The predicted octanol–water partition coefficient (Wildman–Crippen LogP) is 2.76. The van der Waals surface area contributed by atoms with E-state index in [1.807, 2.05) is 19.1 Å². The highest BCUT2D eigenvalue weighted by Crippen LogP contribution is 2.17. The van der Waals surface area contributed by atoms with Crippen molar-refractivity contribution in [1.29, 1.82) is 0 Å². The molecule has 1 aromatic carbocycles. The Labute approximate surface area is 98.5 Å². The molecule has 0 saturated heterocycles. The second kappa shape index (κ2) is 4.37. The van der Waals surface area contributed by atoms with E-state index in [-0.39, 0.29) is 0 Å². The Morgan fingerprint density at radius 3 is 2.56 bits per heavy atom. The summed E-state index contributed by atoms with van der Waals surface area (Å²) >= 11 is 5.79. The Morgan fingerprint density at radius 2 is 1.94 bits per heavy atom. The van der Waals surface area contributed by atoms with Crippen LogP contribution in [0, 0.1) is 6.92 Å². The van der Waals surface area contributed by atoms with Crippen molar-refractivity contribution in [2.24, 2.45) is 0 Å². The molecule has 0 bridgehead atoms. The molecule has 0 aliphatic carbocycles. The van der Waals surface area contributed by atoms with Crippen LogP contribution >= 0.6 is 11.6 Å². The molecule has 2 aromatic rings. The summed E-state index contributed by atoms with van der Waals surface area (Å²) in [6.45, 7) is 1.84. The van der Waals surface area contributed by atoms with Crippen LogP contribution in [0.3, 0.4) is 0 Å². The lowest BCUT2D eigenvalue weighted by Crippen LogP contribution is -2.01. The van der Waals surface area contributed by atoms with Gasteiger partial charge in [-0.3, -0.25) is 0 Å². The highest BCUT2D eigenvalue weighted by atomic mass is 35.5. The van der Waals surface area contributed by atoms with E-state index in [4.69, 9.17) is 17.3 Å². The van der Waals surface area contributed by atoms with Crippen LogP contribution in [-0.4, -0.2) is 9.97 Å². The molecule has 3 N–H and O–H groups in total. The van der Waals surface area contributed by atoms with Crippen molar-refractivity contribution in [2.45, 2.75) is 6.92 Å². The number of aromatic nitrogens is 2. The van der Waals surface area contributed by atoms with Crippen molar-refractivity contribution in [2.75, 3.05) is 11.1 Å². The minimum Gasteiger partial charge on any atom is -0.396 e. The minimum atomic E-state index is 0.522. The molecule has 0 aliphatic heterocycles. The standard InChI is InChI=1S/C11H11ClN4/c1-7-10(13)6-14-11(15-7)16-9-4-2-8(12)3-5-9/h2-6H,13H2,1H3,(H,14,15,16). The zero-order valence-electron chi connectivity index (χ0n) is 8.74. The first-order chi connectivity index (χ1) is 7.65. The van der Waals surface area contributed by atoms with Crippen molar-refractivity contribution in [3.8, 4) is 0 Å². The Hall–Kier alpha value is -1.81. The van der Waals surface area contributed by atoms with Crippen molar-refractivity contribution < 1.29 is 0 Å². The predicted molar refractivity (Wildman–Crippen MR) is 65.9 cm³/mol. The third-order valence-corrected chi connectivity index (χ3v) is 2.37. The topological polar surface area (TPSA) is 63.8 Å². The molecular formula is C11H11ClN4. The summed E-state index contributed by atoms with van der Waals surface area (Å²) in [6, 6.07) is 7.32. The van der Waals surface area contributed by atoms with Gasteiger partial charge in [0, 0.05) is 10.7 Å². The molecule has 0 amide bonds.